The summed E-state index contributed by atoms with van der Waals surface area (Å²) in [6.45, 7) is 0. The number of aromatic nitrogens is 4. The smallest absolute Gasteiger partial charge is 0.270 e. The number of hydrogen-bond acceptors (Lipinski definition) is 4. The molecular weight excluding hydrogens is 321 g/mol. The van der Waals surface area contributed by atoms with E-state index in [0.29, 0.717) is 11.4 Å². The third-order valence-corrected chi connectivity index (χ3v) is 4.32. The van der Waals surface area contributed by atoms with Crippen LogP contribution in [0.15, 0.2) is 49.1 Å². The molecule has 0 bridgehead atoms. The Labute approximate surface area is 143 Å². The van der Waals surface area contributed by atoms with Crippen LogP contribution in [0, 0.1) is 5.82 Å². The van der Waals surface area contributed by atoms with E-state index in [9.17, 15) is 9.18 Å². The van der Waals surface area contributed by atoms with Gasteiger partial charge in [-0.25, -0.2) is 9.07 Å². The monoisotopic (exact) mass is 337 g/mol. The molecule has 1 N–H and O–H groups in total. The highest BCUT2D eigenvalue weighted by Gasteiger charge is 2.26. The Morgan fingerprint density at radius 2 is 2.20 bits per heavy atom. The van der Waals surface area contributed by atoms with Crippen LogP contribution in [-0.4, -0.2) is 25.7 Å². The number of carbonyl (C=O) groups excluding carboxylic acids is 1. The molecule has 6 nitrogen and oxygen atoms in total. The molecule has 3 heterocycles. The lowest BCUT2D eigenvalue weighted by atomic mass is 9.92. The molecule has 0 aliphatic heterocycles. The Hall–Kier alpha value is -3.09. The zero-order valence-corrected chi connectivity index (χ0v) is 13.4. The molecule has 7 heteroatoms. The molecule has 3 aromatic rings. The first kappa shape index (κ1) is 15.4. The van der Waals surface area contributed by atoms with Crippen molar-refractivity contribution in [3.05, 3.63) is 71.8 Å². The molecule has 0 saturated carbocycles. The van der Waals surface area contributed by atoms with Crippen LogP contribution in [0.5, 0.6) is 0 Å². The highest BCUT2D eigenvalue weighted by Crippen LogP contribution is 2.31. The van der Waals surface area contributed by atoms with Crippen molar-refractivity contribution in [1.29, 1.82) is 0 Å². The third-order valence-electron chi connectivity index (χ3n) is 4.32. The summed E-state index contributed by atoms with van der Waals surface area (Å²) in [5.74, 6) is -0.615. The van der Waals surface area contributed by atoms with Crippen molar-refractivity contribution in [3.63, 3.8) is 0 Å². The Bertz CT molecular complexity index is 909. The van der Waals surface area contributed by atoms with Gasteiger partial charge in [0, 0.05) is 23.5 Å². The summed E-state index contributed by atoms with van der Waals surface area (Å²) < 4.78 is 15.2. The van der Waals surface area contributed by atoms with Crippen molar-refractivity contribution in [2.45, 2.75) is 25.3 Å². The first-order valence-corrected chi connectivity index (χ1v) is 8.12. The molecule has 126 valence electrons. The van der Waals surface area contributed by atoms with Gasteiger partial charge < -0.3 is 5.32 Å². The van der Waals surface area contributed by atoms with Gasteiger partial charge in [-0.2, -0.15) is 5.10 Å². The lowest BCUT2D eigenvalue weighted by Crippen LogP contribution is -2.31. The molecule has 4 rings (SSSR count). The van der Waals surface area contributed by atoms with Crippen molar-refractivity contribution in [2.24, 2.45) is 0 Å². The zero-order chi connectivity index (χ0) is 17.2. The van der Waals surface area contributed by atoms with E-state index in [0.717, 1.165) is 36.7 Å². The van der Waals surface area contributed by atoms with Gasteiger partial charge in [-0.15, -0.1) is 0 Å². The SMILES string of the molecule is O=C(NC1CCCc2c1cnn2-c1cncc(F)c1)c1ccccn1. The second-order valence-corrected chi connectivity index (χ2v) is 5.95. The number of pyridine rings is 2. The van der Waals surface area contributed by atoms with Gasteiger partial charge in [0.1, 0.15) is 11.5 Å². The number of nitrogens with one attached hydrogen (secondary N) is 1. The van der Waals surface area contributed by atoms with E-state index in [1.807, 2.05) is 0 Å². The van der Waals surface area contributed by atoms with E-state index in [1.54, 1.807) is 41.5 Å². The molecule has 3 aromatic heterocycles. The summed E-state index contributed by atoms with van der Waals surface area (Å²) in [5, 5.41) is 7.41. The zero-order valence-electron chi connectivity index (χ0n) is 13.4. The number of fused-ring (bicyclic) bond motifs is 1. The number of halogens is 1. The maximum Gasteiger partial charge on any atom is 0.270 e. The average Bonchev–Trinajstić information content (AvgIpc) is 3.07. The molecule has 0 saturated heterocycles. The first-order chi connectivity index (χ1) is 12.2. The van der Waals surface area contributed by atoms with Crippen LogP contribution in [0.3, 0.4) is 0 Å². The molecule has 1 unspecified atom stereocenters. The predicted molar refractivity (Wildman–Crippen MR) is 88.7 cm³/mol. The number of amides is 1. The van der Waals surface area contributed by atoms with Crippen molar-refractivity contribution in [3.8, 4) is 5.69 Å². The van der Waals surface area contributed by atoms with Gasteiger partial charge in [0.2, 0.25) is 0 Å². The number of carbonyl (C=O) groups is 1. The molecule has 0 aromatic carbocycles. The largest absolute Gasteiger partial charge is 0.344 e. The Morgan fingerprint density at radius 3 is 3.00 bits per heavy atom. The van der Waals surface area contributed by atoms with E-state index in [4.69, 9.17) is 0 Å². The quantitative estimate of drug-likeness (QED) is 0.797. The second kappa shape index (κ2) is 6.43. The van der Waals surface area contributed by atoms with Gasteiger partial charge in [0.05, 0.1) is 30.3 Å². The predicted octanol–water partition coefficient (Wildman–Crippen LogP) is 2.61. The van der Waals surface area contributed by atoms with Crippen LogP contribution in [0.25, 0.3) is 5.69 Å². The van der Waals surface area contributed by atoms with E-state index in [2.05, 4.69) is 20.4 Å². The van der Waals surface area contributed by atoms with Crippen LogP contribution >= 0.6 is 0 Å². The summed E-state index contributed by atoms with van der Waals surface area (Å²) in [5.41, 5.74) is 2.90. The second-order valence-electron chi connectivity index (χ2n) is 5.95. The lowest BCUT2D eigenvalue weighted by Gasteiger charge is -2.24. The lowest BCUT2D eigenvalue weighted by molar-refractivity contribution is 0.0927. The molecule has 0 spiro atoms. The van der Waals surface area contributed by atoms with Crippen LogP contribution in [0.2, 0.25) is 0 Å². The molecule has 1 aliphatic rings. The van der Waals surface area contributed by atoms with Crippen molar-refractivity contribution >= 4 is 5.91 Å². The molecule has 1 atom stereocenters. The highest BCUT2D eigenvalue weighted by atomic mass is 19.1. The number of hydrogen-bond donors (Lipinski definition) is 1. The fourth-order valence-electron chi connectivity index (χ4n) is 3.18. The number of rotatable bonds is 3. The highest BCUT2D eigenvalue weighted by molar-refractivity contribution is 5.92. The maximum absolute atomic E-state index is 13.5. The van der Waals surface area contributed by atoms with E-state index in [-0.39, 0.29) is 11.9 Å². The van der Waals surface area contributed by atoms with E-state index >= 15 is 0 Å². The van der Waals surface area contributed by atoms with Crippen LogP contribution < -0.4 is 5.32 Å². The first-order valence-electron chi connectivity index (χ1n) is 8.12. The van der Waals surface area contributed by atoms with Gasteiger partial charge in [-0.1, -0.05) is 6.07 Å². The van der Waals surface area contributed by atoms with Crippen LogP contribution in [-0.2, 0) is 6.42 Å². The molecule has 0 fully saturated rings. The Balaban J connectivity index is 1.62. The van der Waals surface area contributed by atoms with Crippen molar-refractivity contribution in [2.75, 3.05) is 0 Å². The van der Waals surface area contributed by atoms with Crippen LogP contribution in [0.1, 0.15) is 40.6 Å². The minimum absolute atomic E-state index is 0.131. The Kier molecular flexibility index (Phi) is 3.97. The van der Waals surface area contributed by atoms with Gasteiger partial charge in [0.15, 0.2) is 0 Å². The summed E-state index contributed by atoms with van der Waals surface area (Å²) in [6, 6.07) is 6.50. The fraction of sp³-hybridized carbons (Fsp3) is 0.222. The normalized spacial score (nSPS) is 16.3. The van der Waals surface area contributed by atoms with Crippen LogP contribution in [0.4, 0.5) is 4.39 Å². The third kappa shape index (κ3) is 3.00. The van der Waals surface area contributed by atoms with Gasteiger partial charge in [-0.05, 0) is 31.4 Å². The standard InChI is InChI=1S/C18H16FN5O/c19-12-8-13(10-20-9-12)24-17-6-3-5-15(14(17)11-22-24)23-18(25)16-4-1-2-7-21-16/h1-2,4,7-11,15H,3,5-6H2,(H,23,25). The fourth-order valence-corrected chi connectivity index (χ4v) is 3.18. The summed E-state index contributed by atoms with van der Waals surface area (Å²) in [6.07, 6.45) is 8.63. The van der Waals surface area contributed by atoms with Crippen molar-refractivity contribution in [1.82, 2.24) is 25.1 Å². The summed E-state index contributed by atoms with van der Waals surface area (Å²) in [7, 11) is 0. The molecular formula is C18H16FN5O. The van der Waals surface area contributed by atoms with E-state index in [1.165, 1.54) is 6.07 Å². The average molecular weight is 337 g/mol. The minimum atomic E-state index is -0.405. The Morgan fingerprint density at radius 1 is 1.28 bits per heavy atom. The molecule has 0 radical (unpaired) electrons. The van der Waals surface area contributed by atoms with Gasteiger partial charge in [0.25, 0.3) is 5.91 Å². The number of nitrogens with zero attached hydrogens (tertiary/aromatic N) is 4. The van der Waals surface area contributed by atoms with Gasteiger partial charge >= 0.3 is 0 Å². The summed E-state index contributed by atoms with van der Waals surface area (Å²) >= 11 is 0. The van der Waals surface area contributed by atoms with Crippen molar-refractivity contribution < 1.29 is 9.18 Å². The molecule has 25 heavy (non-hydrogen) atoms. The molecule has 1 aliphatic carbocycles. The van der Waals surface area contributed by atoms with Gasteiger partial charge in [-0.3, -0.25) is 14.8 Å². The van der Waals surface area contributed by atoms with E-state index < -0.39 is 5.82 Å². The molecule has 1 amide bonds. The minimum Gasteiger partial charge on any atom is -0.344 e. The summed E-state index contributed by atoms with van der Waals surface area (Å²) in [4.78, 5) is 20.3. The maximum atomic E-state index is 13.5. The topological polar surface area (TPSA) is 72.7 Å².